The average Bonchev–Trinajstić information content (AvgIpc) is 3.17. The summed E-state index contributed by atoms with van der Waals surface area (Å²) in [6, 6.07) is 3.21. The third-order valence-corrected chi connectivity index (χ3v) is 5.27. The van der Waals surface area contributed by atoms with Gasteiger partial charge in [-0.3, -0.25) is 4.79 Å². The molecule has 1 N–H and O–H groups in total. The van der Waals surface area contributed by atoms with Crippen molar-refractivity contribution in [3.05, 3.63) is 65.6 Å². The summed E-state index contributed by atoms with van der Waals surface area (Å²) < 4.78 is 27.0. The summed E-state index contributed by atoms with van der Waals surface area (Å²) in [4.78, 5) is 24.9. The van der Waals surface area contributed by atoms with Crippen LogP contribution in [0, 0.1) is 11.6 Å². The van der Waals surface area contributed by atoms with Crippen LogP contribution < -0.4 is 5.32 Å². The molecule has 3 rings (SSSR count). The molecular weight excluding hydrogens is 376 g/mol. The number of hydrogen-bond donors (Lipinski definition) is 1. The summed E-state index contributed by atoms with van der Waals surface area (Å²) in [6.45, 7) is 8.91. The van der Waals surface area contributed by atoms with Crippen LogP contribution in [0.1, 0.15) is 42.2 Å². The zero-order valence-electron chi connectivity index (χ0n) is 16.8. The fourth-order valence-electron chi connectivity index (χ4n) is 3.37. The molecule has 8 heteroatoms. The fraction of sp³-hybridized carbons (Fsp3) is 0.381. The van der Waals surface area contributed by atoms with E-state index in [-0.39, 0.29) is 17.9 Å². The van der Waals surface area contributed by atoms with Gasteiger partial charge in [-0.15, -0.1) is 0 Å². The van der Waals surface area contributed by atoms with Crippen molar-refractivity contribution in [1.29, 1.82) is 0 Å². The van der Waals surface area contributed by atoms with Crippen molar-refractivity contribution in [2.75, 3.05) is 25.5 Å². The molecule has 1 saturated heterocycles. The van der Waals surface area contributed by atoms with Gasteiger partial charge in [0.15, 0.2) is 0 Å². The van der Waals surface area contributed by atoms with Crippen molar-refractivity contribution in [3.63, 3.8) is 0 Å². The van der Waals surface area contributed by atoms with Crippen molar-refractivity contribution in [2.45, 2.75) is 32.4 Å². The van der Waals surface area contributed by atoms with Crippen LogP contribution in [-0.2, 0) is 0 Å². The lowest BCUT2D eigenvalue weighted by Crippen LogP contribution is -2.35. The number of likely N-dealkylation sites (N-methyl/N-ethyl adjacent to an activating group) is 1. The number of benzene rings is 1. The first-order chi connectivity index (χ1) is 13.8. The van der Waals surface area contributed by atoms with E-state index in [1.807, 2.05) is 14.0 Å². The predicted octanol–water partition coefficient (Wildman–Crippen LogP) is 3.61. The van der Waals surface area contributed by atoms with E-state index in [2.05, 4.69) is 26.8 Å². The van der Waals surface area contributed by atoms with Crippen LogP contribution in [0.25, 0.3) is 0 Å². The molecular formula is C21H25F2N5O. The maximum atomic E-state index is 13.9. The molecule has 0 radical (unpaired) electrons. The van der Waals surface area contributed by atoms with Gasteiger partial charge in [-0.2, -0.15) is 0 Å². The first kappa shape index (κ1) is 20.7. The van der Waals surface area contributed by atoms with E-state index in [4.69, 9.17) is 0 Å². The number of halogens is 2. The highest BCUT2D eigenvalue weighted by molar-refractivity contribution is 5.93. The molecule has 2 heterocycles. The Hall–Kier alpha value is -3.03. The largest absolute Gasteiger partial charge is 0.374 e. The van der Waals surface area contributed by atoms with Gasteiger partial charge < -0.3 is 15.1 Å². The zero-order valence-corrected chi connectivity index (χ0v) is 16.8. The Kier molecular flexibility index (Phi) is 6.10. The Balaban J connectivity index is 1.62. The fourth-order valence-corrected chi connectivity index (χ4v) is 3.37. The smallest absolute Gasteiger partial charge is 0.257 e. The molecule has 0 aliphatic carbocycles. The second-order valence-electron chi connectivity index (χ2n) is 7.37. The summed E-state index contributed by atoms with van der Waals surface area (Å²) in [7, 11) is 1.98. The Labute approximate surface area is 169 Å². The lowest BCUT2D eigenvalue weighted by atomic mass is 10.1. The minimum Gasteiger partial charge on any atom is -0.374 e. The molecule has 1 fully saturated rings. The lowest BCUT2D eigenvalue weighted by Gasteiger charge is -2.26. The monoisotopic (exact) mass is 401 g/mol. The van der Waals surface area contributed by atoms with Crippen molar-refractivity contribution in [3.8, 4) is 0 Å². The second-order valence-corrected chi connectivity index (χ2v) is 7.37. The Morgan fingerprint density at radius 3 is 2.66 bits per heavy atom. The highest BCUT2D eigenvalue weighted by Crippen LogP contribution is 2.22. The summed E-state index contributed by atoms with van der Waals surface area (Å²) in [5.74, 6) is -1.12. The topological polar surface area (TPSA) is 61.4 Å². The van der Waals surface area contributed by atoms with E-state index in [0.29, 0.717) is 24.2 Å². The number of nitrogens with zero attached hydrogens (tertiary/aromatic N) is 4. The Bertz CT molecular complexity index is 902. The first-order valence-electron chi connectivity index (χ1n) is 9.47. The highest BCUT2D eigenvalue weighted by Gasteiger charge is 2.29. The first-order valence-corrected chi connectivity index (χ1v) is 9.47. The van der Waals surface area contributed by atoms with Gasteiger partial charge in [0.1, 0.15) is 11.6 Å². The third kappa shape index (κ3) is 4.70. The van der Waals surface area contributed by atoms with Gasteiger partial charge in [-0.05, 0) is 26.3 Å². The van der Waals surface area contributed by atoms with Crippen LogP contribution in [0.5, 0.6) is 0 Å². The van der Waals surface area contributed by atoms with Gasteiger partial charge in [0.05, 0.1) is 11.6 Å². The Morgan fingerprint density at radius 2 is 2.03 bits per heavy atom. The molecule has 0 spiro atoms. The van der Waals surface area contributed by atoms with E-state index >= 15 is 0 Å². The molecule has 0 bridgehead atoms. The predicted molar refractivity (Wildman–Crippen MR) is 107 cm³/mol. The number of allylic oxidation sites excluding steroid dienone is 1. The molecule has 2 atom stereocenters. The second kappa shape index (κ2) is 8.55. The molecule has 1 aromatic heterocycles. The summed E-state index contributed by atoms with van der Waals surface area (Å²) >= 11 is 0. The number of hydrogen-bond acceptors (Lipinski definition) is 5. The number of rotatable bonds is 6. The SMILES string of the molecule is C=C(C)N(C)C1CCN(C(=O)c2cnc(NC(C)c3ccc(F)cc3F)nc2)C1. The van der Waals surface area contributed by atoms with E-state index in [1.165, 1.54) is 24.5 Å². The molecule has 2 unspecified atom stereocenters. The summed E-state index contributed by atoms with van der Waals surface area (Å²) in [5, 5.41) is 2.96. The van der Waals surface area contributed by atoms with E-state index < -0.39 is 17.7 Å². The average molecular weight is 401 g/mol. The number of likely N-dealkylation sites (tertiary alicyclic amines) is 1. The molecule has 6 nitrogen and oxygen atoms in total. The molecule has 1 amide bonds. The molecule has 1 aliphatic rings. The molecule has 2 aromatic rings. The summed E-state index contributed by atoms with van der Waals surface area (Å²) in [6.07, 6.45) is 3.80. The van der Waals surface area contributed by atoms with Crippen LogP contribution in [0.4, 0.5) is 14.7 Å². The molecule has 1 aliphatic heterocycles. The van der Waals surface area contributed by atoms with E-state index in [1.54, 1.807) is 11.8 Å². The number of anilines is 1. The van der Waals surface area contributed by atoms with Crippen LogP contribution in [0.3, 0.4) is 0 Å². The van der Waals surface area contributed by atoms with Crippen LogP contribution >= 0.6 is 0 Å². The maximum Gasteiger partial charge on any atom is 0.257 e. The quantitative estimate of drug-likeness (QED) is 0.801. The summed E-state index contributed by atoms with van der Waals surface area (Å²) in [5.41, 5.74) is 1.67. The van der Waals surface area contributed by atoms with Crippen molar-refractivity contribution in [2.24, 2.45) is 0 Å². The molecule has 1 aromatic carbocycles. The van der Waals surface area contributed by atoms with Crippen molar-refractivity contribution in [1.82, 2.24) is 19.8 Å². The number of nitrogens with one attached hydrogen (secondary N) is 1. The highest BCUT2D eigenvalue weighted by atomic mass is 19.1. The molecule has 154 valence electrons. The zero-order chi connectivity index (χ0) is 21.1. The third-order valence-electron chi connectivity index (χ3n) is 5.27. The lowest BCUT2D eigenvalue weighted by molar-refractivity contribution is 0.0782. The number of carbonyl (C=O) groups is 1. The van der Waals surface area contributed by atoms with Gasteiger partial charge >= 0.3 is 0 Å². The van der Waals surface area contributed by atoms with Crippen LogP contribution in [-0.4, -0.2) is 51.9 Å². The van der Waals surface area contributed by atoms with E-state index in [9.17, 15) is 13.6 Å². The maximum absolute atomic E-state index is 13.9. The number of aromatic nitrogens is 2. The standard InChI is InChI=1S/C21H25F2N5O/c1-13(2)27(4)17-7-8-28(12-17)20(29)15-10-24-21(25-11-15)26-14(3)18-6-5-16(22)9-19(18)23/h5-6,9-11,14,17H,1,7-8,12H2,2-4H3,(H,24,25,26). The van der Waals surface area contributed by atoms with Gasteiger partial charge in [0.2, 0.25) is 5.95 Å². The van der Waals surface area contributed by atoms with Gasteiger partial charge in [-0.1, -0.05) is 12.6 Å². The van der Waals surface area contributed by atoms with Crippen molar-refractivity contribution < 1.29 is 13.6 Å². The minimum atomic E-state index is -0.639. The van der Waals surface area contributed by atoms with Gasteiger partial charge in [0.25, 0.3) is 5.91 Å². The van der Waals surface area contributed by atoms with Crippen LogP contribution in [0.2, 0.25) is 0 Å². The normalized spacial score (nSPS) is 17.1. The van der Waals surface area contributed by atoms with E-state index in [0.717, 1.165) is 18.2 Å². The van der Waals surface area contributed by atoms with Crippen LogP contribution in [0.15, 0.2) is 42.9 Å². The van der Waals surface area contributed by atoms with Gasteiger partial charge in [0, 0.05) is 55.9 Å². The number of amides is 1. The Morgan fingerprint density at radius 1 is 1.34 bits per heavy atom. The van der Waals surface area contributed by atoms with Gasteiger partial charge in [-0.25, -0.2) is 18.7 Å². The molecule has 0 saturated carbocycles. The number of carbonyl (C=O) groups excluding carboxylic acids is 1. The minimum absolute atomic E-state index is 0.119. The van der Waals surface area contributed by atoms with Crippen molar-refractivity contribution >= 4 is 11.9 Å². The molecule has 29 heavy (non-hydrogen) atoms.